The molecule has 110 valence electrons. The van der Waals surface area contributed by atoms with E-state index in [0.29, 0.717) is 23.2 Å². The molecule has 0 aliphatic heterocycles. The Kier molecular flexibility index (Phi) is 3.66. The third-order valence-electron chi connectivity index (χ3n) is 4.06. The predicted molar refractivity (Wildman–Crippen MR) is 83.7 cm³/mol. The van der Waals surface area contributed by atoms with Crippen molar-refractivity contribution < 1.29 is 9.90 Å². The first-order valence-electron chi connectivity index (χ1n) is 7.17. The molecule has 0 aromatic heterocycles. The molecule has 2 aromatic carbocycles. The lowest BCUT2D eigenvalue weighted by molar-refractivity contribution is 0.101. The van der Waals surface area contributed by atoms with Crippen molar-refractivity contribution >= 4 is 11.5 Å². The Morgan fingerprint density at radius 3 is 2.82 bits per heavy atom. The van der Waals surface area contributed by atoms with Gasteiger partial charge >= 0.3 is 0 Å². The average Bonchev–Trinajstić information content (AvgIpc) is 2.83. The van der Waals surface area contributed by atoms with Crippen molar-refractivity contribution in [3.8, 4) is 6.07 Å². The first-order valence-corrected chi connectivity index (χ1v) is 7.17. The second-order valence-corrected chi connectivity index (χ2v) is 5.52. The molecule has 4 heteroatoms. The molecule has 0 amide bonds. The summed E-state index contributed by atoms with van der Waals surface area (Å²) in [7, 11) is 0. The van der Waals surface area contributed by atoms with Gasteiger partial charge in [-0.25, -0.2) is 0 Å². The number of Topliss-reactive ketones (excluding diaryl/α,β-unsaturated/α-hetero) is 1. The Labute approximate surface area is 129 Å². The van der Waals surface area contributed by atoms with Crippen LogP contribution in [0.1, 0.15) is 40.0 Å². The summed E-state index contributed by atoms with van der Waals surface area (Å²) in [5.41, 5.74) is 3.72. The van der Waals surface area contributed by atoms with Crippen LogP contribution in [-0.4, -0.2) is 17.0 Å². The summed E-state index contributed by atoms with van der Waals surface area (Å²) in [5, 5.41) is 22.8. The third-order valence-corrected chi connectivity index (χ3v) is 4.06. The summed E-state index contributed by atoms with van der Waals surface area (Å²) >= 11 is 0. The molecular weight excluding hydrogens is 276 g/mol. The molecule has 0 saturated carbocycles. The number of rotatable bonds is 3. The van der Waals surface area contributed by atoms with Crippen molar-refractivity contribution in [2.24, 2.45) is 0 Å². The summed E-state index contributed by atoms with van der Waals surface area (Å²) in [6, 6.07) is 14.7. The Balaban J connectivity index is 1.98. The number of aliphatic hydroxyl groups excluding tert-OH is 1. The first-order chi connectivity index (χ1) is 10.6. The molecular formula is C18H16N2O2. The Morgan fingerprint density at radius 2 is 2.09 bits per heavy atom. The minimum atomic E-state index is -0.551. The fourth-order valence-corrected chi connectivity index (χ4v) is 2.90. The van der Waals surface area contributed by atoms with Gasteiger partial charge in [-0.3, -0.25) is 4.79 Å². The molecule has 0 heterocycles. The molecule has 1 aliphatic carbocycles. The van der Waals surface area contributed by atoms with Gasteiger partial charge in [-0.2, -0.15) is 5.26 Å². The quantitative estimate of drug-likeness (QED) is 0.853. The summed E-state index contributed by atoms with van der Waals surface area (Å²) in [5.74, 6) is -0.0556. The van der Waals surface area contributed by atoms with Gasteiger partial charge in [0, 0.05) is 12.0 Å². The molecule has 22 heavy (non-hydrogen) atoms. The lowest BCUT2D eigenvalue weighted by Gasteiger charge is -2.20. The van der Waals surface area contributed by atoms with E-state index in [1.165, 1.54) is 6.92 Å². The van der Waals surface area contributed by atoms with E-state index in [1.54, 1.807) is 18.2 Å². The summed E-state index contributed by atoms with van der Waals surface area (Å²) < 4.78 is 0. The van der Waals surface area contributed by atoms with E-state index < -0.39 is 6.10 Å². The van der Waals surface area contributed by atoms with Crippen molar-refractivity contribution in [1.82, 2.24) is 0 Å². The normalized spacial score (nSPS) is 19.3. The zero-order valence-electron chi connectivity index (χ0n) is 12.2. The molecule has 2 N–H and O–H groups in total. The van der Waals surface area contributed by atoms with Gasteiger partial charge in [0.25, 0.3) is 0 Å². The minimum absolute atomic E-state index is 0.0556. The molecule has 4 nitrogen and oxygen atoms in total. The summed E-state index contributed by atoms with van der Waals surface area (Å²) in [6.07, 6.45) is 0.0344. The highest BCUT2D eigenvalue weighted by molar-refractivity contribution is 5.95. The summed E-state index contributed by atoms with van der Waals surface area (Å²) in [4.78, 5) is 11.5. The van der Waals surface area contributed by atoms with Crippen molar-refractivity contribution in [3.05, 3.63) is 64.7 Å². The minimum Gasteiger partial charge on any atom is -0.390 e. The molecule has 2 atom stereocenters. The van der Waals surface area contributed by atoms with Gasteiger partial charge in [-0.1, -0.05) is 24.3 Å². The van der Waals surface area contributed by atoms with Crippen molar-refractivity contribution in [2.45, 2.75) is 25.5 Å². The first kappa shape index (κ1) is 14.3. The van der Waals surface area contributed by atoms with Crippen molar-refractivity contribution in [3.63, 3.8) is 0 Å². The van der Waals surface area contributed by atoms with E-state index in [2.05, 4.69) is 11.4 Å². The van der Waals surface area contributed by atoms with Gasteiger partial charge < -0.3 is 10.4 Å². The Bertz CT molecular complexity index is 777. The standard InChI is InChI=1S/C18H16N2O2/c1-11(21)12-6-7-14(10-19)16(8-12)20-18-15-5-3-2-4-13(15)9-17(18)22/h2-8,17-18,20,22H,9H2,1H3/t17-,18+/m1/s1. The van der Waals surface area contributed by atoms with E-state index >= 15 is 0 Å². The van der Waals surface area contributed by atoms with Gasteiger partial charge in [0.2, 0.25) is 0 Å². The van der Waals surface area contributed by atoms with Crippen LogP contribution in [0.25, 0.3) is 0 Å². The molecule has 2 aromatic rings. The van der Waals surface area contributed by atoms with Crippen LogP contribution < -0.4 is 5.32 Å². The Morgan fingerprint density at radius 1 is 1.32 bits per heavy atom. The van der Waals surface area contributed by atoms with Crippen LogP contribution in [0.5, 0.6) is 0 Å². The highest BCUT2D eigenvalue weighted by Crippen LogP contribution is 2.35. The fraction of sp³-hybridized carbons (Fsp3) is 0.222. The lowest BCUT2D eigenvalue weighted by atomic mass is 10.0. The van der Waals surface area contributed by atoms with Gasteiger partial charge in [0.1, 0.15) is 6.07 Å². The van der Waals surface area contributed by atoms with Crippen LogP contribution >= 0.6 is 0 Å². The molecule has 3 rings (SSSR count). The molecule has 0 bridgehead atoms. The van der Waals surface area contributed by atoms with Gasteiger partial charge in [0.15, 0.2) is 5.78 Å². The van der Waals surface area contributed by atoms with Gasteiger partial charge in [-0.05, 0) is 36.2 Å². The van der Waals surface area contributed by atoms with E-state index in [9.17, 15) is 15.2 Å². The van der Waals surface area contributed by atoms with Gasteiger partial charge in [0.05, 0.1) is 23.4 Å². The molecule has 0 fully saturated rings. The number of anilines is 1. The largest absolute Gasteiger partial charge is 0.390 e. The molecule has 0 radical (unpaired) electrons. The number of nitrogens with zero attached hydrogens (tertiary/aromatic N) is 1. The van der Waals surface area contributed by atoms with Gasteiger partial charge in [-0.15, -0.1) is 0 Å². The van der Waals surface area contributed by atoms with E-state index in [0.717, 1.165) is 11.1 Å². The zero-order chi connectivity index (χ0) is 15.7. The number of carbonyl (C=O) groups excluding carboxylic acids is 1. The van der Waals surface area contributed by atoms with Crippen LogP contribution in [0, 0.1) is 11.3 Å². The van der Waals surface area contributed by atoms with E-state index in [4.69, 9.17) is 0 Å². The van der Waals surface area contributed by atoms with Crippen LogP contribution in [0.4, 0.5) is 5.69 Å². The van der Waals surface area contributed by atoms with Crippen molar-refractivity contribution in [2.75, 3.05) is 5.32 Å². The lowest BCUT2D eigenvalue weighted by Crippen LogP contribution is -2.21. The second-order valence-electron chi connectivity index (χ2n) is 5.52. The number of hydrogen-bond acceptors (Lipinski definition) is 4. The smallest absolute Gasteiger partial charge is 0.159 e. The fourth-order valence-electron chi connectivity index (χ4n) is 2.90. The molecule has 1 aliphatic rings. The van der Waals surface area contributed by atoms with Crippen LogP contribution in [0.3, 0.4) is 0 Å². The molecule has 0 saturated heterocycles. The number of nitrogens with one attached hydrogen (secondary N) is 1. The van der Waals surface area contributed by atoms with Crippen molar-refractivity contribution in [1.29, 1.82) is 5.26 Å². The van der Waals surface area contributed by atoms with E-state index in [1.807, 2.05) is 24.3 Å². The zero-order valence-corrected chi connectivity index (χ0v) is 12.2. The highest BCUT2D eigenvalue weighted by atomic mass is 16.3. The van der Waals surface area contributed by atoms with E-state index in [-0.39, 0.29) is 11.8 Å². The predicted octanol–water partition coefficient (Wildman–Crippen LogP) is 2.83. The molecule has 0 unspecified atom stereocenters. The monoisotopic (exact) mass is 292 g/mol. The number of aliphatic hydroxyl groups is 1. The number of nitriles is 1. The number of carbonyl (C=O) groups is 1. The number of benzene rings is 2. The topological polar surface area (TPSA) is 73.1 Å². The number of hydrogen-bond donors (Lipinski definition) is 2. The highest BCUT2D eigenvalue weighted by Gasteiger charge is 2.31. The number of ketones is 1. The van der Waals surface area contributed by atoms with Crippen LogP contribution in [0.15, 0.2) is 42.5 Å². The van der Waals surface area contributed by atoms with Crippen LogP contribution in [0.2, 0.25) is 0 Å². The maximum Gasteiger partial charge on any atom is 0.159 e. The second kappa shape index (κ2) is 5.63. The Hall–Kier alpha value is -2.64. The number of fused-ring (bicyclic) bond motifs is 1. The molecule has 0 spiro atoms. The summed E-state index contributed by atoms with van der Waals surface area (Å²) in [6.45, 7) is 1.49. The average molecular weight is 292 g/mol. The maximum absolute atomic E-state index is 11.5. The third kappa shape index (κ3) is 2.47. The SMILES string of the molecule is CC(=O)c1ccc(C#N)c(N[C@H]2c3ccccc3C[C@H]2O)c1. The van der Waals surface area contributed by atoms with Crippen LogP contribution in [-0.2, 0) is 6.42 Å². The maximum atomic E-state index is 11.5.